The number of benzene rings is 3. The second kappa shape index (κ2) is 18.1. The Hall–Kier alpha value is -4.64. The Morgan fingerprint density at radius 2 is 0.917 bits per heavy atom. The molecule has 3 aromatic rings. The molecule has 0 aliphatic heterocycles. The monoisotopic (exact) mass is 674 g/mol. The number of aliphatic imine (C=N–C) groups is 2. The van der Waals surface area contributed by atoms with Crippen LogP contribution in [0.15, 0.2) is 149 Å². The van der Waals surface area contributed by atoms with E-state index in [0.29, 0.717) is 0 Å². The third-order valence-electron chi connectivity index (χ3n) is 8.02. The molecule has 0 saturated heterocycles. The van der Waals surface area contributed by atoms with E-state index in [4.69, 9.17) is 0 Å². The highest BCUT2D eigenvalue weighted by Gasteiger charge is 2.12. The maximum Gasteiger partial charge on any atom is 0.0574 e. The van der Waals surface area contributed by atoms with Crippen LogP contribution in [0.25, 0.3) is 17.2 Å². The quantitative estimate of drug-likeness (QED) is 0.349. The van der Waals surface area contributed by atoms with Crippen molar-refractivity contribution in [3.05, 3.63) is 161 Å². The number of nitrogens with zero attached hydrogens (tertiary/aromatic N) is 4. The second-order valence-electron chi connectivity index (χ2n) is 11.7. The molecule has 5 rings (SSSR count). The van der Waals surface area contributed by atoms with Gasteiger partial charge in [-0.2, -0.15) is 0 Å². The summed E-state index contributed by atoms with van der Waals surface area (Å²) < 4.78 is 0. The molecule has 0 aromatic heterocycles. The molecule has 6 heteroatoms. The van der Waals surface area contributed by atoms with Crippen molar-refractivity contribution in [2.24, 2.45) is 9.98 Å². The van der Waals surface area contributed by atoms with Gasteiger partial charge in [-0.25, -0.2) is 0 Å². The van der Waals surface area contributed by atoms with Crippen molar-refractivity contribution in [2.45, 2.75) is 13.8 Å². The lowest BCUT2D eigenvalue weighted by Gasteiger charge is -2.17. The highest BCUT2D eigenvalue weighted by Crippen LogP contribution is 2.32. The van der Waals surface area contributed by atoms with Crippen LogP contribution in [0.4, 0.5) is 11.4 Å². The van der Waals surface area contributed by atoms with Crippen LogP contribution in [0.2, 0.25) is 0 Å². The highest BCUT2D eigenvalue weighted by molar-refractivity contribution is 6.07. The summed E-state index contributed by atoms with van der Waals surface area (Å²) in [6.45, 7) is 5.68. The van der Waals surface area contributed by atoms with E-state index in [9.17, 15) is 0 Å². The Labute approximate surface area is 299 Å². The van der Waals surface area contributed by atoms with Crippen molar-refractivity contribution >= 4 is 40.0 Å². The molecule has 3 aromatic carbocycles. The Bertz CT molecular complexity index is 1780. The molecule has 0 unspecified atom stereocenters. The molecule has 0 N–H and O–H groups in total. The molecule has 48 heavy (non-hydrogen) atoms. The van der Waals surface area contributed by atoms with E-state index in [-0.39, 0.29) is 24.8 Å². The maximum absolute atomic E-state index is 4.57. The molecule has 0 amide bonds. The second-order valence-corrected chi connectivity index (χ2v) is 11.7. The van der Waals surface area contributed by atoms with Gasteiger partial charge in [-0.3, -0.25) is 9.98 Å². The number of rotatable bonds is 9. The van der Waals surface area contributed by atoms with Crippen LogP contribution < -0.4 is 34.6 Å². The van der Waals surface area contributed by atoms with Gasteiger partial charge in [-0.15, -0.1) is 0 Å². The first-order valence-corrected chi connectivity index (χ1v) is 16.0. The molecule has 2 aliphatic rings. The lowest BCUT2D eigenvalue weighted by molar-refractivity contribution is -0.001000. The fourth-order valence-corrected chi connectivity index (χ4v) is 5.51. The summed E-state index contributed by atoms with van der Waals surface area (Å²) in [7, 11) is 8.28. The third kappa shape index (κ3) is 9.47. The molecule has 4 nitrogen and oxygen atoms in total. The van der Waals surface area contributed by atoms with Crippen molar-refractivity contribution in [1.82, 2.24) is 0 Å². The fraction of sp³-hybridized carbons (Fsp3) is 0.190. The number of hydrogen-bond acceptors (Lipinski definition) is 4. The summed E-state index contributed by atoms with van der Waals surface area (Å²) in [4.78, 5) is 13.4. The minimum Gasteiger partial charge on any atom is -1.00 e. The SMILES string of the molecule is CCN=C1C=CC(=C(C=Cc2ccc(C(=C3C=CC(=NCC)C=C3)c3ccc(N(C)C)cc3)cc2)c2ccc(N(C)C)cc2)C=C1.[Cl-].[Cl-]. The molecular formula is C42H44Cl2N4-2. The van der Waals surface area contributed by atoms with E-state index in [1.54, 1.807) is 0 Å². The largest absolute Gasteiger partial charge is 1.00 e. The number of hydrogen-bond donors (Lipinski definition) is 0. The summed E-state index contributed by atoms with van der Waals surface area (Å²) in [5.41, 5.74) is 13.8. The molecule has 0 atom stereocenters. The molecule has 0 radical (unpaired) electrons. The summed E-state index contributed by atoms with van der Waals surface area (Å²) in [6.07, 6.45) is 21.5. The van der Waals surface area contributed by atoms with Crippen LogP contribution in [0.1, 0.15) is 36.1 Å². The minimum atomic E-state index is 0. The van der Waals surface area contributed by atoms with Crippen LogP contribution in [0, 0.1) is 0 Å². The van der Waals surface area contributed by atoms with E-state index >= 15 is 0 Å². The standard InChI is InChI=1S/C42H44N4.2ClH/c1-7-43-37-22-14-32(15-23-37)41(33-18-26-39(27-19-33)45(3)4)30-11-31-9-12-34(13-10-31)42(35-16-24-38(25-17-35)44-8-2)36-20-28-40(29-21-36)46(5)6;;/h9-30H,7-8H2,1-6H3;2*1H/p-2. The van der Waals surface area contributed by atoms with Crippen molar-refractivity contribution in [3.63, 3.8) is 0 Å². The number of anilines is 2. The van der Waals surface area contributed by atoms with Crippen LogP contribution in [-0.2, 0) is 0 Å². The minimum absolute atomic E-state index is 0. The molecule has 0 heterocycles. The zero-order valence-electron chi connectivity index (χ0n) is 28.7. The van der Waals surface area contributed by atoms with Gasteiger partial charge in [0.1, 0.15) is 0 Å². The molecule has 0 bridgehead atoms. The van der Waals surface area contributed by atoms with Gasteiger partial charge in [0.15, 0.2) is 0 Å². The lowest BCUT2D eigenvalue weighted by atomic mass is 9.90. The normalized spacial score (nSPS) is 13.3. The van der Waals surface area contributed by atoms with E-state index in [2.05, 4.69) is 195 Å². The molecular weight excluding hydrogens is 631 g/mol. The topological polar surface area (TPSA) is 31.2 Å². The molecule has 2 aliphatic carbocycles. The van der Waals surface area contributed by atoms with Crippen molar-refractivity contribution in [1.29, 1.82) is 0 Å². The van der Waals surface area contributed by atoms with E-state index in [1.165, 1.54) is 44.8 Å². The zero-order chi connectivity index (χ0) is 32.5. The fourth-order valence-electron chi connectivity index (χ4n) is 5.51. The predicted molar refractivity (Wildman–Crippen MR) is 202 cm³/mol. The van der Waals surface area contributed by atoms with E-state index in [1.807, 2.05) is 0 Å². The average Bonchev–Trinajstić information content (AvgIpc) is 3.08. The van der Waals surface area contributed by atoms with Gasteiger partial charge in [0.2, 0.25) is 0 Å². The van der Waals surface area contributed by atoms with Gasteiger partial charge in [0, 0.05) is 52.7 Å². The van der Waals surface area contributed by atoms with E-state index in [0.717, 1.165) is 35.6 Å². The molecule has 0 spiro atoms. The van der Waals surface area contributed by atoms with Crippen molar-refractivity contribution in [3.8, 4) is 0 Å². The van der Waals surface area contributed by atoms with Crippen molar-refractivity contribution < 1.29 is 24.8 Å². The first-order valence-electron chi connectivity index (χ1n) is 16.0. The summed E-state index contributed by atoms with van der Waals surface area (Å²) in [5, 5.41) is 0. The van der Waals surface area contributed by atoms with Gasteiger partial charge in [-0.1, -0.05) is 85.0 Å². The van der Waals surface area contributed by atoms with Crippen LogP contribution in [0.5, 0.6) is 0 Å². The van der Waals surface area contributed by atoms with E-state index < -0.39 is 0 Å². The maximum atomic E-state index is 4.57. The van der Waals surface area contributed by atoms with Gasteiger partial charge in [-0.05, 0) is 107 Å². The van der Waals surface area contributed by atoms with Gasteiger partial charge < -0.3 is 34.6 Å². The first kappa shape index (κ1) is 37.8. The van der Waals surface area contributed by atoms with Crippen LogP contribution in [-0.4, -0.2) is 52.7 Å². The summed E-state index contributed by atoms with van der Waals surface area (Å²) in [6, 6.07) is 26.4. The smallest absolute Gasteiger partial charge is 0.0574 e. The average molecular weight is 676 g/mol. The zero-order valence-corrected chi connectivity index (χ0v) is 30.2. The Balaban J connectivity index is 0.00000312. The predicted octanol–water partition coefficient (Wildman–Crippen LogP) is 3.27. The van der Waals surface area contributed by atoms with Crippen LogP contribution in [0.3, 0.4) is 0 Å². The summed E-state index contributed by atoms with van der Waals surface area (Å²) >= 11 is 0. The van der Waals surface area contributed by atoms with Gasteiger partial charge in [0.05, 0.1) is 11.4 Å². The number of allylic oxidation sites excluding steroid dienone is 12. The molecule has 0 saturated carbocycles. The summed E-state index contributed by atoms with van der Waals surface area (Å²) in [5.74, 6) is 0. The lowest BCUT2D eigenvalue weighted by Crippen LogP contribution is -3.00. The Morgan fingerprint density at radius 3 is 1.33 bits per heavy atom. The number of halogens is 2. The van der Waals surface area contributed by atoms with Crippen molar-refractivity contribution in [2.75, 3.05) is 51.1 Å². The Morgan fingerprint density at radius 1 is 0.521 bits per heavy atom. The van der Waals surface area contributed by atoms with Gasteiger partial charge >= 0.3 is 0 Å². The third-order valence-corrected chi connectivity index (χ3v) is 8.02. The molecule has 0 fully saturated rings. The van der Waals surface area contributed by atoms with Gasteiger partial charge in [0.25, 0.3) is 0 Å². The Kier molecular flexibility index (Phi) is 14.2. The van der Waals surface area contributed by atoms with Crippen LogP contribution >= 0.6 is 0 Å². The first-order chi connectivity index (χ1) is 22.4. The highest BCUT2D eigenvalue weighted by atomic mass is 35.5. The molecule has 248 valence electrons.